The third-order valence-corrected chi connectivity index (χ3v) is 15.6. The summed E-state index contributed by atoms with van der Waals surface area (Å²) in [6.45, 7) is 0. The molecule has 0 amide bonds. The number of hydrogen-bond acceptors (Lipinski definition) is 6. The van der Waals surface area contributed by atoms with Gasteiger partial charge in [-0.3, -0.25) is 0 Å². The Labute approximate surface area is 447 Å². The van der Waals surface area contributed by atoms with E-state index in [2.05, 4.69) is 206 Å². The summed E-state index contributed by atoms with van der Waals surface area (Å²) < 4.78 is 13.1. The Kier molecular flexibility index (Phi) is 9.84. The van der Waals surface area contributed by atoms with Gasteiger partial charge in [-0.2, -0.15) is 0 Å². The zero-order chi connectivity index (χ0) is 51.3. The summed E-state index contributed by atoms with van der Waals surface area (Å²) in [5.74, 6) is 2.44. The zero-order valence-electron chi connectivity index (χ0n) is 41.9. The Morgan fingerprint density at radius 1 is 0.256 bits per heavy atom. The standard InChI is InChI=1S/C72H42N4O2/c1-2-16-47(17-3-1)72-73-63-42-65-67(60-28-14-15-29-64(60)77-65)66(68(63)78-72)45-34-30-43(31-35-45)52-38-39-53(57-25-9-8-24-56(52)57)44-32-36-46(37-33-44)69-74-70(61-40-48-18-4-6-20-50(48)54-22-10-12-26-58(54)61)76-71(75-69)62-41-49-19-5-7-21-51(49)55-23-11-13-27-59(55)62/h1-42H. The van der Waals surface area contributed by atoms with Crippen molar-refractivity contribution in [3.8, 4) is 79.0 Å². The van der Waals surface area contributed by atoms with Gasteiger partial charge in [0.1, 0.15) is 16.7 Å². The van der Waals surface area contributed by atoms with Crippen molar-refractivity contribution in [2.24, 2.45) is 0 Å². The summed E-state index contributed by atoms with van der Waals surface area (Å²) in [6.07, 6.45) is 0. The van der Waals surface area contributed by atoms with Crippen LogP contribution in [-0.2, 0) is 0 Å². The van der Waals surface area contributed by atoms with Crippen molar-refractivity contribution in [3.63, 3.8) is 0 Å². The molecule has 362 valence electrons. The highest BCUT2D eigenvalue weighted by Gasteiger charge is 2.23. The number of nitrogens with zero attached hydrogens (tertiary/aromatic N) is 4. The largest absolute Gasteiger partial charge is 0.456 e. The molecule has 0 unspecified atom stereocenters. The van der Waals surface area contributed by atoms with Crippen molar-refractivity contribution in [2.45, 2.75) is 0 Å². The fraction of sp³-hybridized carbons (Fsp3) is 0. The third-order valence-electron chi connectivity index (χ3n) is 15.6. The van der Waals surface area contributed by atoms with Gasteiger partial charge < -0.3 is 8.83 Å². The normalized spacial score (nSPS) is 11.8. The molecule has 78 heavy (non-hydrogen) atoms. The summed E-state index contributed by atoms with van der Waals surface area (Å²) in [5.41, 5.74) is 13.3. The first-order chi connectivity index (χ1) is 38.6. The first-order valence-electron chi connectivity index (χ1n) is 26.3. The van der Waals surface area contributed by atoms with Gasteiger partial charge in [0.15, 0.2) is 23.1 Å². The van der Waals surface area contributed by atoms with Crippen LogP contribution in [0.15, 0.2) is 264 Å². The molecule has 0 bridgehead atoms. The average Bonchev–Trinajstić information content (AvgIpc) is 4.28. The summed E-state index contributed by atoms with van der Waals surface area (Å²) in [7, 11) is 0. The molecule has 0 spiro atoms. The Bertz CT molecular complexity index is 4940. The van der Waals surface area contributed by atoms with Crippen LogP contribution in [0.25, 0.3) is 166 Å². The molecule has 0 aliphatic carbocycles. The Morgan fingerprint density at radius 2 is 0.692 bits per heavy atom. The van der Waals surface area contributed by atoms with E-state index in [9.17, 15) is 0 Å². The van der Waals surface area contributed by atoms with E-state index >= 15 is 0 Å². The highest BCUT2D eigenvalue weighted by Crippen LogP contribution is 2.45. The molecule has 0 N–H and O–H groups in total. The van der Waals surface area contributed by atoms with Crippen LogP contribution in [0.5, 0.6) is 0 Å². The maximum Gasteiger partial charge on any atom is 0.227 e. The van der Waals surface area contributed by atoms with Crippen molar-refractivity contribution in [2.75, 3.05) is 0 Å². The SMILES string of the molecule is c1ccc(-c2nc3cc4oc5ccccc5c4c(-c4ccc(-c5ccc(-c6ccc(-c7nc(-c8cc9ccccc9c9ccccc89)nc(-c8cc9ccccc9c9ccccc89)n7)cc6)c6ccccc56)cc4)c3o2)cc1. The second-order valence-electron chi connectivity index (χ2n) is 20.0. The topological polar surface area (TPSA) is 77.8 Å². The van der Waals surface area contributed by atoms with E-state index in [4.69, 9.17) is 28.8 Å². The number of hydrogen-bond donors (Lipinski definition) is 0. The van der Waals surface area contributed by atoms with Crippen LogP contribution in [-0.4, -0.2) is 19.9 Å². The summed E-state index contributed by atoms with van der Waals surface area (Å²) in [4.78, 5) is 21.0. The molecule has 0 atom stereocenters. The van der Waals surface area contributed by atoms with Gasteiger partial charge in [0.25, 0.3) is 0 Å². The van der Waals surface area contributed by atoms with Gasteiger partial charge in [-0.1, -0.05) is 218 Å². The quantitative estimate of drug-likeness (QED) is 0.148. The van der Waals surface area contributed by atoms with Gasteiger partial charge in [-0.25, -0.2) is 19.9 Å². The molecule has 13 aromatic carbocycles. The fourth-order valence-electron chi connectivity index (χ4n) is 11.9. The molecular weight excluding hydrogens is 953 g/mol. The van der Waals surface area contributed by atoms with E-state index in [1.54, 1.807) is 0 Å². The maximum absolute atomic E-state index is 6.66. The van der Waals surface area contributed by atoms with Gasteiger partial charge in [-0.05, 0) is 112 Å². The minimum atomic E-state index is 0.576. The monoisotopic (exact) mass is 994 g/mol. The molecule has 3 aromatic heterocycles. The molecule has 0 saturated carbocycles. The Hall–Kier alpha value is -10.6. The lowest BCUT2D eigenvalue weighted by Crippen LogP contribution is -2.01. The number of fused-ring (bicyclic) bond motifs is 11. The summed E-state index contributed by atoms with van der Waals surface area (Å²) in [6, 6.07) is 89.6. The summed E-state index contributed by atoms with van der Waals surface area (Å²) >= 11 is 0. The number of para-hydroxylation sites is 1. The smallest absolute Gasteiger partial charge is 0.227 e. The van der Waals surface area contributed by atoms with E-state index in [0.717, 1.165) is 132 Å². The second kappa shape index (κ2) is 17.5. The molecule has 0 fully saturated rings. The fourth-order valence-corrected chi connectivity index (χ4v) is 11.9. The molecule has 16 aromatic rings. The molecule has 0 aliphatic heterocycles. The van der Waals surface area contributed by atoms with E-state index in [-0.39, 0.29) is 0 Å². The van der Waals surface area contributed by atoms with Gasteiger partial charge in [-0.15, -0.1) is 0 Å². The van der Waals surface area contributed by atoms with Crippen molar-refractivity contribution in [1.82, 2.24) is 19.9 Å². The minimum absolute atomic E-state index is 0.576. The Balaban J connectivity index is 0.799. The highest BCUT2D eigenvalue weighted by molar-refractivity contribution is 6.20. The number of benzene rings is 13. The van der Waals surface area contributed by atoms with Crippen LogP contribution < -0.4 is 0 Å². The number of rotatable bonds is 7. The predicted octanol–water partition coefficient (Wildman–Crippen LogP) is 19.3. The lowest BCUT2D eigenvalue weighted by molar-refractivity contribution is 0.621. The van der Waals surface area contributed by atoms with Gasteiger partial charge in [0.05, 0.1) is 0 Å². The van der Waals surface area contributed by atoms with E-state index in [1.807, 2.05) is 48.5 Å². The second-order valence-corrected chi connectivity index (χ2v) is 20.0. The van der Waals surface area contributed by atoms with Crippen LogP contribution in [0, 0.1) is 0 Å². The molecular formula is C72H42N4O2. The van der Waals surface area contributed by atoms with Crippen LogP contribution in [0.2, 0.25) is 0 Å². The molecule has 0 aliphatic rings. The molecule has 6 nitrogen and oxygen atoms in total. The van der Waals surface area contributed by atoms with Gasteiger partial charge >= 0.3 is 0 Å². The number of furan rings is 1. The first-order valence-corrected chi connectivity index (χ1v) is 26.3. The highest BCUT2D eigenvalue weighted by atomic mass is 16.4. The molecule has 3 heterocycles. The van der Waals surface area contributed by atoms with Crippen molar-refractivity contribution in [3.05, 3.63) is 255 Å². The number of aromatic nitrogens is 4. The zero-order valence-corrected chi connectivity index (χ0v) is 41.9. The van der Waals surface area contributed by atoms with Crippen LogP contribution in [0.4, 0.5) is 0 Å². The van der Waals surface area contributed by atoms with E-state index in [0.29, 0.717) is 23.4 Å². The summed E-state index contributed by atoms with van der Waals surface area (Å²) in [5, 5.41) is 13.5. The van der Waals surface area contributed by atoms with Crippen molar-refractivity contribution < 1.29 is 8.83 Å². The minimum Gasteiger partial charge on any atom is -0.456 e. The van der Waals surface area contributed by atoms with Gasteiger partial charge in [0, 0.05) is 44.7 Å². The molecule has 16 rings (SSSR count). The molecule has 0 saturated heterocycles. The first kappa shape index (κ1) is 43.8. The van der Waals surface area contributed by atoms with Gasteiger partial charge in [0.2, 0.25) is 5.89 Å². The van der Waals surface area contributed by atoms with E-state index < -0.39 is 0 Å². The molecule has 6 heteroatoms. The number of oxazole rings is 1. The van der Waals surface area contributed by atoms with Crippen LogP contribution >= 0.6 is 0 Å². The molecule has 0 radical (unpaired) electrons. The predicted molar refractivity (Wildman–Crippen MR) is 320 cm³/mol. The van der Waals surface area contributed by atoms with Crippen LogP contribution in [0.1, 0.15) is 0 Å². The van der Waals surface area contributed by atoms with Crippen molar-refractivity contribution >= 4 is 86.9 Å². The van der Waals surface area contributed by atoms with Crippen LogP contribution in [0.3, 0.4) is 0 Å². The maximum atomic E-state index is 6.66. The Morgan fingerprint density at radius 3 is 1.26 bits per heavy atom. The van der Waals surface area contributed by atoms with E-state index in [1.165, 1.54) is 10.8 Å². The third kappa shape index (κ3) is 7.04. The lowest BCUT2D eigenvalue weighted by Gasteiger charge is -2.15. The average molecular weight is 995 g/mol. The lowest BCUT2D eigenvalue weighted by atomic mass is 9.90. The van der Waals surface area contributed by atoms with Crippen molar-refractivity contribution in [1.29, 1.82) is 0 Å².